The Morgan fingerprint density at radius 2 is 1.80 bits per heavy atom. The minimum absolute atomic E-state index is 0.163. The predicted molar refractivity (Wildman–Crippen MR) is 128 cm³/mol. The third kappa shape index (κ3) is 7.87. The summed E-state index contributed by atoms with van der Waals surface area (Å²) in [5, 5.41) is 15.7. The molecule has 3 atom stereocenters. The summed E-state index contributed by atoms with van der Waals surface area (Å²) < 4.78 is 9.97. The number of methoxy groups -OCH3 is 1. The van der Waals surface area contributed by atoms with Gasteiger partial charge in [-0.3, -0.25) is 14.4 Å². The minimum Gasteiger partial charge on any atom is -0.508 e. The van der Waals surface area contributed by atoms with Crippen LogP contribution in [0.1, 0.15) is 65.5 Å². The number of carbonyl (C=O) groups excluding carboxylic acids is 4. The maximum absolute atomic E-state index is 14.0. The quantitative estimate of drug-likeness (QED) is 0.428. The number of carbonyl (C=O) groups is 4. The number of rotatable bonds is 10. The van der Waals surface area contributed by atoms with Gasteiger partial charge in [0.25, 0.3) is 0 Å². The number of benzene rings is 1. The molecule has 3 amide bonds. The van der Waals surface area contributed by atoms with E-state index in [1.165, 1.54) is 18.1 Å². The molecule has 10 nitrogen and oxygen atoms in total. The molecule has 1 aromatic rings. The van der Waals surface area contributed by atoms with Crippen molar-refractivity contribution in [3.8, 4) is 5.75 Å². The van der Waals surface area contributed by atoms with Crippen molar-refractivity contribution in [2.45, 2.75) is 77.6 Å². The zero-order chi connectivity index (χ0) is 26.3. The molecule has 194 valence electrons. The van der Waals surface area contributed by atoms with Crippen LogP contribution in [0.4, 0.5) is 4.79 Å². The summed E-state index contributed by atoms with van der Waals surface area (Å²) in [7, 11) is 1.20. The Bertz CT molecular complexity index is 924. The summed E-state index contributed by atoms with van der Waals surface area (Å²) in [6, 6.07) is 3.80. The predicted octanol–water partition coefficient (Wildman–Crippen LogP) is 2.65. The fourth-order valence-electron chi connectivity index (χ4n) is 3.61. The number of hydrogen-bond acceptors (Lipinski definition) is 7. The van der Waals surface area contributed by atoms with Gasteiger partial charge < -0.3 is 30.1 Å². The summed E-state index contributed by atoms with van der Waals surface area (Å²) in [4.78, 5) is 52.9. The lowest BCUT2D eigenvalue weighted by Gasteiger charge is -2.36. The van der Waals surface area contributed by atoms with Crippen molar-refractivity contribution in [3.05, 3.63) is 29.8 Å². The van der Waals surface area contributed by atoms with Crippen molar-refractivity contribution < 1.29 is 33.8 Å². The van der Waals surface area contributed by atoms with Crippen LogP contribution in [0, 0.1) is 5.92 Å². The lowest BCUT2D eigenvalue weighted by atomic mass is 9.95. The Balaban J connectivity index is 2.46. The van der Waals surface area contributed by atoms with Crippen LogP contribution in [0.25, 0.3) is 0 Å². The summed E-state index contributed by atoms with van der Waals surface area (Å²) in [5.74, 6) is -2.18. The third-order valence-corrected chi connectivity index (χ3v) is 5.74. The zero-order valence-corrected chi connectivity index (χ0v) is 21.3. The Kier molecular flexibility index (Phi) is 9.50. The lowest BCUT2D eigenvalue weighted by Crippen LogP contribution is -2.56. The van der Waals surface area contributed by atoms with Gasteiger partial charge in [0.05, 0.1) is 7.11 Å². The molecule has 0 aromatic heterocycles. The fraction of sp³-hybridized carbons (Fsp3) is 0.600. The van der Waals surface area contributed by atoms with Crippen LogP contribution in [-0.4, -0.2) is 65.2 Å². The molecule has 0 bridgehead atoms. The Morgan fingerprint density at radius 3 is 2.31 bits per heavy atom. The third-order valence-electron chi connectivity index (χ3n) is 5.74. The molecule has 0 spiro atoms. The molecule has 10 heteroatoms. The van der Waals surface area contributed by atoms with E-state index in [0.717, 1.165) is 0 Å². The largest absolute Gasteiger partial charge is 0.508 e. The van der Waals surface area contributed by atoms with Gasteiger partial charge in [0, 0.05) is 11.6 Å². The van der Waals surface area contributed by atoms with Crippen molar-refractivity contribution >= 4 is 23.9 Å². The molecular formula is C25H37N3O7. The molecular weight excluding hydrogens is 454 g/mol. The molecule has 0 radical (unpaired) electrons. The first-order valence-electron chi connectivity index (χ1n) is 11.8. The molecule has 3 unspecified atom stereocenters. The highest BCUT2D eigenvalue weighted by Crippen LogP contribution is 2.38. The number of nitrogens with one attached hydrogen (secondary N) is 2. The van der Waals surface area contributed by atoms with Crippen molar-refractivity contribution in [3.63, 3.8) is 0 Å². The first-order valence-corrected chi connectivity index (χ1v) is 11.8. The van der Waals surface area contributed by atoms with E-state index in [1.807, 2.05) is 13.8 Å². The van der Waals surface area contributed by atoms with Crippen LogP contribution in [0.15, 0.2) is 24.3 Å². The van der Waals surface area contributed by atoms with E-state index >= 15 is 0 Å². The number of esters is 1. The molecule has 1 aliphatic rings. The van der Waals surface area contributed by atoms with Crippen LogP contribution in [0.5, 0.6) is 5.75 Å². The molecule has 0 aliphatic heterocycles. The van der Waals surface area contributed by atoms with Crippen LogP contribution >= 0.6 is 0 Å². The number of hydrogen-bond donors (Lipinski definition) is 3. The number of nitrogens with zero attached hydrogens (tertiary/aromatic N) is 1. The van der Waals surface area contributed by atoms with E-state index in [-0.39, 0.29) is 23.3 Å². The number of ether oxygens (including phenoxy) is 2. The number of alkyl carbamates (subject to hydrolysis) is 1. The normalized spacial score (nSPS) is 15.8. The second kappa shape index (κ2) is 11.9. The average molecular weight is 492 g/mol. The maximum atomic E-state index is 14.0. The van der Waals surface area contributed by atoms with Gasteiger partial charge in [0.15, 0.2) is 0 Å². The number of phenols is 1. The van der Waals surface area contributed by atoms with E-state index in [9.17, 15) is 24.3 Å². The van der Waals surface area contributed by atoms with Crippen molar-refractivity contribution in [2.75, 3.05) is 13.7 Å². The molecule has 1 fully saturated rings. The molecule has 0 heterocycles. The second-order valence-corrected chi connectivity index (χ2v) is 9.74. The second-order valence-electron chi connectivity index (χ2n) is 9.74. The molecule has 0 saturated heterocycles. The Labute approximate surface area is 206 Å². The number of para-hydroxylation sites is 1. The minimum atomic E-state index is -1.21. The SMILES string of the molecule is CCC(C)C(NC(=O)OC(C)(C)C)C(=O)N(C1CC1)C(C(=O)NCC(=O)OC)c1ccccc1O. The highest BCUT2D eigenvalue weighted by molar-refractivity contribution is 5.94. The first-order chi connectivity index (χ1) is 16.4. The molecule has 1 saturated carbocycles. The lowest BCUT2D eigenvalue weighted by molar-refractivity contribution is -0.145. The van der Waals surface area contributed by atoms with Gasteiger partial charge in [-0.05, 0) is 45.6 Å². The molecule has 1 aromatic carbocycles. The van der Waals surface area contributed by atoms with E-state index in [2.05, 4.69) is 15.4 Å². The van der Waals surface area contributed by atoms with Gasteiger partial charge >= 0.3 is 12.1 Å². The summed E-state index contributed by atoms with van der Waals surface area (Å²) in [6.07, 6.45) is 1.18. The number of phenolic OH excluding ortho intramolecular Hbond substituents is 1. The highest BCUT2D eigenvalue weighted by Gasteiger charge is 2.45. The van der Waals surface area contributed by atoms with Gasteiger partial charge in [0.2, 0.25) is 11.8 Å². The van der Waals surface area contributed by atoms with Gasteiger partial charge in [-0.25, -0.2) is 4.79 Å². The molecule has 3 N–H and O–H groups in total. The fourth-order valence-corrected chi connectivity index (χ4v) is 3.61. The molecule has 2 rings (SSSR count). The zero-order valence-electron chi connectivity index (χ0n) is 21.3. The van der Waals surface area contributed by atoms with Gasteiger partial charge in [-0.2, -0.15) is 0 Å². The van der Waals surface area contributed by atoms with E-state index in [0.29, 0.717) is 19.3 Å². The van der Waals surface area contributed by atoms with E-state index in [1.54, 1.807) is 39.0 Å². The number of amides is 3. The van der Waals surface area contributed by atoms with Crippen LogP contribution in [-0.2, 0) is 23.9 Å². The van der Waals surface area contributed by atoms with E-state index in [4.69, 9.17) is 4.74 Å². The number of aromatic hydroxyl groups is 1. The van der Waals surface area contributed by atoms with Crippen molar-refractivity contribution in [1.29, 1.82) is 0 Å². The van der Waals surface area contributed by atoms with Gasteiger partial charge in [0.1, 0.15) is 30.0 Å². The monoisotopic (exact) mass is 491 g/mol. The Hall–Kier alpha value is -3.30. The smallest absolute Gasteiger partial charge is 0.408 e. The van der Waals surface area contributed by atoms with Crippen LogP contribution in [0.3, 0.4) is 0 Å². The van der Waals surface area contributed by atoms with Crippen LogP contribution < -0.4 is 10.6 Å². The summed E-state index contributed by atoms with van der Waals surface area (Å²) in [6.45, 7) is 8.51. The van der Waals surface area contributed by atoms with Crippen molar-refractivity contribution in [1.82, 2.24) is 15.5 Å². The van der Waals surface area contributed by atoms with E-state index < -0.39 is 48.1 Å². The molecule has 35 heavy (non-hydrogen) atoms. The Morgan fingerprint density at radius 1 is 1.17 bits per heavy atom. The first kappa shape index (κ1) is 27.9. The standard InChI is InChI=1S/C25H37N3O7/c1-7-15(2)20(27-24(33)35-25(3,4)5)23(32)28(16-12-13-16)21(17-10-8-9-11-18(17)29)22(31)26-14-19(30)34-6/h8-11,15-16,20-21,29H,7,12-14H2,1-6H3,(H,26,31)(H,27,33). The topological polar surface area (TPSA) is 134 Å². The maximum Gasteiger partial charge on any atom is 0.408 e. The average Bonchev–Trinajstić information content (AvgIpc) is 3.62. The summed E-state index contributed by atoms with van der Waals surface area (Å²) >= 11 is 0. The summed E-state index contributed by atoms with van der Waals surface area (Å²) in [5.41, 5.74) is -0.537. The van der Waals surface area contributed by atoms with Gasteiger partial charge in [-0.15, -0.1) is 0 Å². The molecule has 1 aliphatic carbocycles. The van der Waals surface area contributed by atoms with Gasteiger partial charge in [-0.1, -0.05) is 38.5 Å². The van der Waals surface area contributed by atoms with Crippen molar-refractivity contribution in [2.24, 2.45) is 5.92 Å². The highest BCUT2D eigenvalue weighted by atomic mass is 16.6. The van der Waals surface area contributed by atoms with Crippen LogP contribution in [0.2, 0.25) is 0 Å².